The number of benzene rings is 4. The number of sulfone groups is 2. The summed E-state index contributed by atoms with van der Waals surface area (Å²) in [7, 11) is -3.41. The Morgan fingerprint density at radius 2 is 1.06 bits per heavy atom. The van der Waals surface area contributed by atoms with E-state index in [4.69, 9.17) is 28.4 Å². The first-order chi connectivity index (χ1) is 22.9. The molecule has 0 N–H and O–H groups in total. The van der Waals surface area contributed by atoms with Crippen molar-refractivity contribution in [2.75, 3.05) is 39.4 Å². The maximum Gasteiger partial charge on any atom is 0.178 e. The molecule has 0 unspecified atom stereocenters. The third kappa shape index (κ3) is 10.2. The smallest absolute Gasteiger partial charge is 0.178 e. The maximum atomic E-state index is 12.5. The minimum atomic E-state index is -3.40. The average molecular weight is 699 g/mol. The van der Waals surface area contributed by atoms with E-state index in [0.717, 1.165) is 24.0 Å². The van der Waals surface area contributed by atoms with Crippen LogP contribution in [0.3, 0.4) is 0 Å². The molecule has 0 bridgehead atoms. The van der Waals surface area contributed by atoms with Gasteiger partial charge in [0.05, 0.1) is 43.0 Å². The summed E-state index contributed by atoms with van der Waals surface area (Å²) in [5.74, 6) is 3.56. The molecule has 0 saturated carbocycles. The van der Waals surface area contributed by atoms with Crippen molar-refractivity contribution in [3.63, 3.8) is 0 Å². The predicted octanol–water partition coefficient (Wildman–Crippen LogP) is 7.04. The van der Waals surface area contributed by atoms with Crippen molar-refractivity contribution >= 4 is 19.7 Å². The van der Waals surface area contributed by atoms with Crippen LogP contribution in [0.25, 0.3) is 0 Å². The van der Waals surface area contributed by atoms with E-state index in [1.165, 1.54) is 18.4 Å². The molecular formula is C36H42O10S2. The minimum Gasteiger partial charge on any atom is -0.493 e. The van der Waals surface area contributed by atoms with Crippen LogP contribution in [0, 0.1) is 0 Å². The molecule has 0 aliphatic carbocycles. The number of ether oxygens (including phenoxy) is 6. The molecule has 0 aromatic heterocycles. The van der Waals surface area contributed by atoms with Crippen molar-refractivity contribution in [2.45, 2.75) is 49.2 Å². The molecule has 4 aromatic carbocycles. The summed E-state index contributed by atoms with van der Waals surface area (Å²) in [5, 5.41) is 0. The molecule has 258 valence electrons. The van der Waals surface area contributed by atoms with Crippen molar-refractivity contribution in [3.05, 3.63) is 96.1 Å². The standard InChI is InChI=1S/C20H24O6S.C16H18O4S/c1-3-15-4-9-18(19(14-15)23-2)26-16-5-7-17(8-6-16)27(21,22)13-10-20-24-11-12-25-20;1-4-12-5-10-15(16(11-12)19-2)20-13-6-8-14(9-7-13)21(3,17)18/h4-9,14,20H,3,10-13H2,1-2H3;5-11H,4H2,1-3H3. The van der Waals surface area contributed by atoms with Crippen LogP contribution in [0.1, 0.15) is 31.4 Å². The van der Waals surface area contributed by atoms with E-state index in [-0.39, 0.29) is 15.5 Å². The highest BCUT2D eigenvalue weighted by atomic mass is 32.2. The highest BCUT2D eigenvalue weighted by Crippen LogP contribution is 2.34. The van der Waals surface area contributed by atoms with Gasteiger partial charge in [-0.1, -0.05) is 26.0 Å². The van der Waals surface area contributed by atoms with Gasteiger partial charge in [-0.2, -0.15) is 0 Å². The second-order valence-corrected chi connectivity index (χ2v) is 15.0. The van der Waals surface area contributed by atoms with Crippen LogP contribution < -0.4 is 18.9 Å². The van der Waals surface area contributed by atoms with E-state index in [9.17, 15) is 16.8 Å². The number of hydrogen-bond acceptors (Lipinski definition) is 10. The third-order valence-electron chi connectivity index (χ3n) is 7.48. The van der Waals surface area contributed by atoms with Crippen LogP contribution in [0.5, 0.6) is 34.5 Å². The zero-order chi connectivity index (χ0) is 34.7. The lowest BCUT2D eigenvalue weighted by Crippen LogP contribution is -2.15. The van der Waals surface area contributed by atoms with Gasteiger partial charge in [-0.25, -0.2) is 16.8 Å². The van der Waals surface area contributed by atoms with Gasteiger partial charge in [0, 0.05) is 12.7 Å². The van der Waals surface area contributed by atoms with Crippen molar-refractivity contribution in [3.8, 4) is 34.5 Å². The van der Waals surface area contributed by atoms with Gasteiger partial charge in [0.25, 0.3) is 0 Å². The molecule has 0 spiro atoms. The fourth-order valence-corrected chi connectivity index (χ4v) is 6.62. The van der Waals surface area contributed by atoms with E-state index >= 15 is 0 Å². The SMILES string of the molecule is CCc1ccc(Oc2ccc(S(=O)(=O)CCC3OCCO3)cc2)c(OC)c1.CCc1ccc(Oc2ccc(S(C)(=O)=O)cc2)c(OC)c1. The van der Waals surface area contributed by atoms with Gasteiger partial charge < -0.3 is 28.4 Å². The Hall–Kier alpha value is -4.10. The second-order valence-electron chi connectivity index (χ2n) is 10.9. The summed E-state index contributed by atoms with van der Waals surface area (Å²) in [5.41, 5.74) is 2.31. The molecule has 5 rings (SSSR count). The molecule has 1 heterocycles. The first-order valence-corrected chi connectivity index (χ1v) is 19.1. The first-order valence-electron chi connectivity index (χ1n) is 15.5. The number of methoxy groups -OCH3 is 2. The summed E-state index contributed by atoms with van der Waals surface area (Å²) in [6.45, 7) is 5.16. The van der Waals surface area contributed by atoms with E-state index in [1.54, 1.807) is 50.6 Å². The average Bonchev–Trinajstić information content (AvgIpc) is 3.62. The molecule has 0 amide bonds. The Kier molecular flexibility index (Phi) is 12.9. The molecule has 1 aliphatic rings. The molecule has 1 aliphatic heterocycles. The van der Waals surface area contributed by atoms with Gasteiger partial charge in [-0.3, -0.25) is 0 Å². The van der Waals surface area contributed by atoms with Crippen LogP contribution in [-0.2, 0) is 42.0 Å². The van der Waals surface area contributed by atoms with E-state index in [2.05, 4.69) is 13.8 Å². The first kappa shape index (κ1) is 36.7. The molecule has 4 aromatic rings. The largest absolute Gasteiger partial charge is 0.493 e. The lowest BCUT2D eigenvalue weighted by atomic mass is 10.1. The lowest BCUT2D eigenvalue weighted by molar-refractivity contribution is -0.0424. The summed E-state index contributed by atoms with van der Waals surface area (Å²) in [6, 6.07) is 24.2. The minimum absolute atomic E-state index is 0.0236. The van der Waals surface area contributed by atoms with Gasteiger partial charge in [-0.05, 0) is 96.8 Å². The Morgan fingerprint density at radius 3 is 1.46 bits per heavy atom. The van der Waals surface area contributed by atoms with E-state index in [1.807, 2.05) is 36.4 Å². The van der Waals surface area contributed by atoms with E-state index in [0.29, 0.717) is 54.1 Å². The van der Waals surface area contributed by atoms with Crippen molar-refractivity contribution in [2.24, 2.45) is 0 Å². The zero-order valence-corrected chi connectivity index (χ0v) is 29.4. The maximum absolute atomic E-state index is 12.5. The van der Waals surface area contributed by atoms with Crippen molar-refractivity contribution in [1.82, 2.24) is 0 Å². The molecule has 1 fully saturated rings. The summed E-state index contributed by atoms with van der Waals surface area (Å²) < 4.78 is 80.6. The third-order valence-corrected chi connectivity index (χ3v) is 10.4. The van der Waals surface area contributed by atoms with Gasteiger partial charge in [0.2, 0.25) is 0 Å². The summed E-state index contributed by atoms with van der Waals surface area (Å²) >= 11 is 0. The Morgan fingerprint density at radius 1 is 0.625 bits per heavy atom. The Balaban J connectivity index is 0.000000224. The molecule has 12 heteroatoms. The van der Waals surface area contributed by atoms with Crippen LogP contribution in [0.4, 0.5) is 0 Å². The van der Waals surface area contributed by atoms with Crippen LogP contribution in [0.15, 0.2) is 94.7 Å². The quantitative estimate of drug-likeness (QED) is 0.144. The topological polar surface area (TPSA) is 124 Å². The number of hydrogen-bond donors (Lipinski definition) is 0. The second kappa shape index (κ2) is 16.8. The Bertz CT molecular complexity index is 1850. The zero-order valence-electron chi connectivity index (χ0n) is 27.8. The van der Waals surface area contributed by atoms with Gasteiger partial charge in [-0.15, -0.1) is 0 Å². The van der Waals surface area contributed by atoms with Gasteiger partial charge in [0.1, 0.15) is 11.5 Å². The summed E-state index contributed by atoms with van der Waals surface area (Å²) in [4.78, 5) is 0.518. The molecule has 10 nitrogen and oxygen atoms in total. The van der Waals surface area contributed by atoms with Crippen LogP contribution in [-0.4, -0.2) is 62.6 Å². The molecule has 0 radical (unpaired) electrons. The molecule has 1 saturated heterocycles. The fourth-order valence-electron chi connectivity index (χ4n) is 4.70. The van der Waals surface area contributed by atoms with Crippen LogP contribution in [0.2, 0.25) is 0 Å². The van der Waals surface area contributed by atoms with Crippen LogP contribution >= 0.6 is 0 Å². The van der Waals surface area contributed by atoms with Crippen molar-refractivity contribution in [1.29, 1.82) is 0 Å². The lowest BCUT2D eigenvalue weighted by Gasteiger charge is -2.12. The number of aryl methyl sites for hydroxylation is 2. The van der Waals surface area contributed by atoms with Gasteiger partial charge >= 0.3 is 0 Å². The number of rotatable bonds is 13. The van der Waals surface area contributed by atoms with Gasteiger partial charge in [0.15, 0.2) is 49.0 Å². The molecule has 48 heavy (non-hydrogen) atoms. The highest BCUT2D eigenvalue weighted by Gasteiger charge is 2.22. The highest BCUT2D eigenvalue weighted by molar-refractivity contribution is 7.91. The summed E-state index contributed by atoms with van der Waals surface area (Å²) in [6.07, 6.45) is 2.89. The molecular weight excluding hydrogens is 657 g/mol. The normalized spacial score (nSPS) is 13.4. The van der Waals surface area contributed by atoms with Crippen molar-refractivity contribution < 1.29 is 45.3 Å². The Labute approximate surface area is 283 Å². The fraction of sp³-hybridized carbons (Fsp3) is 0.333. The van der Waals surface area contributed by atoms with E-state index < -0.39 is 26.0 Å². The predicted molar refractivity (Wildman–Crippen MR) is 183 cm³/mol. The molecule has 0 atom stereocenters. The monoisotopic (exact) mass is 698 g/mol.